The Morgan fingerprint density at radius 3 is 2.27 bits per heavy atom. The van der Waals surface area contributed by atoms with Crippen LogP contribution in [0.4, 0.5) is 0 Å². The van der Waals surface area contributed by atoms with Crippen LogP contribution in [-0.4, -0.2) is 47.7 Å². The van der Waals surface area contributed by atoms with Gasteiger partial charge in [-0.15, -0.1) is 0 Å². The summed E-state index contributed by atoms with van der Waals surface area (Å²) < 4.78 is 0. The highest BCUT2D eigenvalue weighted by Crippen LogP contribution is 2.08. The van der Waals surface area contributed by atoms with Gasteiger partial charge in [-0.25, -0.2) is 0 Å². The Balaban J connectivity index is 4.30. The predicted molar refractivity (Wildman–Crippen MR) is 60.2 cm³/mol. The summed E-state index contributed by atoms with van der Waals surface area (Å²) in [6.07, 6.45) is 1.95. The first-order valence-electron chi connectivity index (χ1n) is 5.46. The predicted octanol–water partition coefficient (Wildman–Crippen LogP) is -0.718. The summed E-state index contributed by atoms with van der Waals surface area (Å²) in [7, 11) is 0. The van der Waals surface area contributed by atoms with Crippen molar-refractivity contribution in [3.63, 3.8) is 0 Å². The molecule has 1 atom stereocenters. The van der Waals surface area contributed by atoms with Crippen molar-refractivity contribution in [2.24, 2.45) is 11.5 Å². The summed E-state index contributed by atoms with van der Waals surface area (Å²) in [5, 5.41) is 8.93. The Kier molecular flexibility index (Phi) is 7.29. The van der Waals surface area contributed by atoms with Gasteiger partial charge in [0.25, 0.3) is 0 Å². The molecule has 0 rings (SSSR count). The van der Waals surface area contributed by atoms with Crippen molar-refractivity contribution in [3.8, 4) is 0 Å². The van der Waals surface area contributed by atoms with E-state index in [9.17, 15) is 4.79 Å². The molecule has 0 aliphatic rings. The third-order valence-electron chi connectivity index (χ3n) is 2.64. The molecule has 0 spiro atoms. The quantitative estimate of drug-likeness (QED) is 0.500. The number of carbonyl (C=O) groups excluding carboxylic acids is 1. The van der Waals surface area contributed by atoms with E-state index in [1.54, 1.807) is 0 Å². The first-order valence-corrected chi connectivity index (χ1v) is 5.46. The zero-order valence-corrected chi connectivity index (χ0v) is 9.65. The zero-order chi connectivity index (χ0) is 11.8. The van der Waals surface area contributed by atoms with Crippen LogP contribution in [0.25, 0.3) is 0 Å². The number of rotatable bonds is 8. The van der Waals surface area contributed by atoms with Crippen molar-refractivity contribution < 1.29 is 9.90 Å². The molecule has 0 aliphatic carbocycles. The Morgan fingerprint density at radius 2 is 1.93 bits per heavy atom. The third-order valence-corrected chi connectivity index (χ3v) is 2.64. The Hall–Kier alpha value is -0.650. The van der Waals surface area contributed by atoms with Gasteiger partial charge in [0, 0.05) is 19.1 Å². The largest absolute Gasteiger partial charge is 0.395 e. The monoisotopic (exact) mass is 217 g/mol. The first-order chi connectivity index (χ1) is 7.06. The van der Waals surface area contributed by atoms with Gasteiger partial charge < -0.3 is 16.6 Å². The van der Waals surface area contributed by atoms with Crippen LogP contribution in [0, 0.1) is 0 Å². The number of amides is 1. The van der Waals surface area contributed by atoms with Crippen LogP contribution in [-0.2, 0) is 4.79 Å². The lowest BCUT2D eigenvalue weighted by molar-refractivity contribution is -0.119. The average Bonchev–Trinajstić information content (AvgIpc) is 2.19. The van der Waals surface area contributed by atoms with E-state index < -0.39 is 11.9 Å². The van der Waals surface area contributed by atoms with E-state index in [-0.39, 0.29) is 6.61 Å². The van der Waals surface area contributed by atoms with Gasteiger partial charge in [0.05, 0.1) is 12.6 Å². The molecule has 0 aromatic carbocycles. The van der Waals surface area contributed by atoms with Gasteiger partial charge in [-0.1, -0.05) is 13.8 Å². The minimum Gasteiger partial charge on any atom is -0.395 e. The van der Waals surface area contributed by atoms with Gasteiger partial charge in [-0.05, 0) is 12.8 Å². The number of aliphatic hydroxyl groups excluding tert-OH is 1. The molecule has 0 bridgehead atoms. The van der Waals surface area contributed by atoms with Crippen molar-refractivity contribution >= 4 is 5.91 Å². The highest BCUT2D eigenvalue weighted by atomic mass is 16.3. The lowest BCUT2D eigenvalue weighted by Gasteiger charge is -2.31. The molecule has 0 aromatic heterocycles. The van der Waals surface area contributed by atoms with E-state index in [0.29, 0.717) is 19.1 Å². The SMILES string of the molecule is CCC(CC)N(CCO)CC(N)C(N)=O. The third kappa shape index (κ3) is 5.11. The van der Waals surface area contributed by atoms with Gasteiger partial charge in [0.15, 0.2) is 0 Å². The molecule has 0 radical (unpaired) electrons. The molecule has 0 aromatic rings. The molecule has 90 valence electrons. The molecular formula is C10H23N3O2. The van der Waals surface area contributed by atoms with Crippen molar-refractivity contribution in [1.29, 1.82) is 0 Å². The maximum absolute atomic E-state index is 10.8. The van der Waals surface area contributed by atoms with Gasteiger partial charge in [0.2, 0.25) is 5.91 Å². The van der Waals surface area contributed by atoms with E-state index in [4.69, 9.17) is 16.6 Å². The zero-order valence-electron chi connectivity index (χ0n) is 9.65. The second kappa shape index (κ2) is 7.62. The summed E-state index contributed by atoms with van der Waals surface area (Å²) >= 11 is 0. The summed E-state index contributed by atoms with van der Waals surface area (Å²) in [4.78, 5) is 12.9. The normalized spacial score (nSPS) is 13.5. The van der Waals surface area contributed by atoms with Crippen LogP contribution in [0.3, 0.4) is 0 Å². The number of hydrogen-bond acceptors (Lipinski definition) is 4. The highest BCUT2D eigenvalue weighted by molar-refractivity contribution is 5.79. The summed E-state index contributed by atoms with van der Waals surface area (Å²) in [6, 6.07) is -0.306. The van der Waals surface area contributed by atoms with Crippen LogP contribution in [0.15, 0.2) is 0 Å². The molecule has 0 fully saturated rings. The Labute approximate surface area is 91.4 Å². The second-order valence-electron chi connectivity index (χ2n) is 3.70. The molecule has 0 saturated carbocycles. The standard InChI is InChI=1S/C10H23N3O2/c1-3-8(4-2)13(5-6-14)7-9(11)10(12)15/h8-9,14H,3-7,11H2,1-2H3,(H2,12,15). The smallest absolute Gasteiger partial charge is 0.235 e. The van der Waals surface area contributed by atoms with E-state index in [1.165, 1.54) is 0 Å². The molecule has 0 heterocycles. The van der Waals surface area contributed by atoms with Crippen LogP contribution < -0.4 is 11.5 Å². The lowest BCUT2D eigenvalue weighted by atomic mass is 10.1. The summed E-state index contributed by atoms with van der Waals surface area (Å²) in [5.41, 5.74) is 10.7. The molecule has 0 aliphatic heterocycles. The molecular weight excluding hydrogens is 194 g/mol. The van der Waals surface area contributed by atoms with Crippen molar-refractivity contribution in [2.75, 3.05) is 19.7 Å². The van der Waals surface area contributed by atoms with Crippen molar-refractivity contribution in [2.45, 2.75) is 38.8 Å². The molecule has 5 nitrogen and oxygen atoms in total. The van der Waals surface area contributed by atoms with E-state index in [0.717, 1.165) is 12.8 Å². The minimum absolute atomic E-state index is 0.0714. The molecule has 0 saturated heterocycles. The van der Waals surface area contributed by atoms with Crippen LogP contribution in [0.5, 0.6) is 0 Å². The van der Waals surface area contributed by atoms with Gasteiger partial charge in [-0.2, -0.15) is 0 Å². The first kappa shape index (κ1) is 14.3. The molecule has 5 N–H and O–H groups in total. The fourth-order valence-corrected chi connectivity index (χ4v) is 1.70. The molecule has 5 heteroatoms. The van der Waals surface area contributed by atoms with Crippen molar-refractivity contribution in [3.05, 3.63) is 0 Å². The van der Waals surface area contributed by atoms with Gasteiger partial charge in [-0.3, -0.25) is 9.69 Å². The number of nitrogens with zero attached hydrogens (tertiary/aromatic N) is 1. The fraction of sp³-hybridized carbons (Fsp3) is 0.900. The second-order valence-corrected chi connectivity index (χ2v) is 3.70. The van der Waals surface area contributed by atoms with Crippen LogP contribution in [0.2, 0.25) is 0 Å². The number of carbonyl (C=O) groups is 1. The summed E-state index contributed by atoms with van der Waals surface area (Å²) in [6.45, 7) is 5.18. The molecule has 1 unspecified atom stereocenters. The van der Waals surface area contributed by atoms with Gasteiger partial charge in [0.1, 0.15) is 0 Å². The number of primary amides is 1. The van der Waals surface area contributed by atoms with E-state index >= 15 is 0 Å². The average molecular weight is 217 g/mol. The fourth-order valence-electron chi connectivity index (χ4n) is 1.70. The van der Waals surface area contributed by atoms with E-state index in [2.05, 4.69) is 13.8 Å². The number of hydrogen-bond donors (Lipinski definition) is 3. The Bertz CT molecular complexity index is 184. The molecule has 1 amide bonds. The van der Waals surface area contributed by atoms with Gasteiger partial charge >= 0.3 is 0 Å². The number of aliphatic hydroxyl groups is 1. The van der Waals surface area contributed by atoms with Crippen molar-refractivity contribution in [1.82, 2.24) is 4.90 Å². The topological polar surface area (TPSA) is 92.6 Å². The maximum atomic E-state index is 10.8. The lowest BCUT2D eigenvalue weighted by Crippen LogP contribution is -2.49. The van der Waals surface area contributed by atoms with Crippen LogP contribution >= 0.6 is 0 Å². The maximum Gasteiger partial charge on any atom is 0.235 e. The Morgan fingerprint density at radius 1 is 1.40 bits per heavy atom. The highest BCUT2D eigenvalue weighted by Gasteiger charge is 2.19. The molecule has 15 heavy (non-hydrogen) atoms. The van der Waals surface area contributed by atoms with E-state index in [1.807, 2.05) is 4.90 Å². The summed E-state index contributed by atoms with van der Waals surface area (Å²) in [5.74, 6) is -0.496. The minimum atomic E-state index is -0.655. The van der Waals surface area contributed by atoms with Crippen LogP contribution in [0.1, 0.15) is 26.7 Å². The number of nitrogens with two attached hydrogens (primary N) is 2.